The van der Waals surface area contributed by atoms with Gasteiger partial charge in [0.15, 0.2) is 0 Å². The van der Waals surface area contributed by atoms with Crippen molar-refractivity contribution in [2.24, 2.45) is 0 Å². The largest absolute Gasteiger partial charge is 0.310 e. The Labute approximate surface area is 265 Å². The van der Waals surface area contributed by atoms with E-state index in [0.29, 0.717) is 0 Å². The van der Waals surface area contributed by atoms with E-state index in [4.69, 9.17) is 0 Å². The van der Waals surface area contributed by atoms with Gasteiger partial charge in [0.25, 0.3) is 0 Å². The summed E-state index contributed by atoms with van der Waals surface area (Å²) in [6.07, 6.45) is 0. The summed E-state index contributed by atoms with van der Waals surface area (Å²) < 4.78 is 0. The van der Waals surface area contributed by atoms with Crippen LogP contribution in [0.5, 0.6) is 0 Å². The molecule has 0 spiro atoms. The van der Waals surface area contributed by atoms with Gasteiger partial charge in [-0.25, -0.2) is 0 Å². The van der Waals surface area contributed by atoms with E-state index >= 15 is 0 Å². The van der Waals surface area contributed by atoms with Crippen LogP contribution in [0.25, 0.3) is 22.3 Å². The summed E-state index contributed by atoms with van der Waals surface area (Å²) in [6.45, 7) is 2.19. The van der Waals surface area contributed by atoms with Crippen molar-refractivity contribution in [3.63, 3.8) is 0 Å². The fourth-order valence-corrected chi connectivity index (χ4v) is 7.23. The maximum Gasteiger partial charge on any atom is 0.0713 e. The SMILES string of the molecule is Cc1ccc2c(c1)-c1ccccc1C2(c1ccccc1)c1cccc(-c2cccc(N(c3ccccc3)c3ccccc3)c2)c1. The van der Waals surface area contributed by atoms with Crippen LogP contribution in [-0.4, -0.2) is 0 Å². The third-order valence-electron chi connectivity index (χ3n) is 9.17. The molecule has 0 heterocycles. The quantitative estimate of drug-likeness (QED) is 0.191. The van der Waals surface area contributed by atoms with Gasteiger partial charge in [-0.15, -0.1) is 0 Å². The Morgan fingerprint density at radius 3 is 1.62 bits per heavy atom. The average molecular weight is 576 g/mol. The van der Waals surface area contributed by atoms with Gasteiger partial charge in [0, 0.05) is 17.1 Å². The van der Waals surface area contributed by atoms with Gasteiger partial charge in [-0.2, -0.15) is 0 Å². The van der Waals surface area contributed by atoms with E-state index in [1.807, 2.05) is 0 Å². The number of aryl methyl sites for hydroxylation is 1. The van der Waals surface area contributed by atoms with Crippen LogP contribution in [0.15, 0.2) is 182 Å². The van der Waals surface area contributed by atoms with Gasteiger partial charge in [0.05, 0.1) is 5.41 Å². The highest BCUT2D eigenvalue weighted by Gasteiger charge is 2.46. The molecule has 1 aliphatic carbocycles. The number of anilines is 3. The summed E-state index contributed by atoms with van der Waals surface area (Å²) in [5, 5.41) is 0. The van der Waals surface area contributed by atoms with E-state index in [0.717, 1.165) is 17.1 Å². The minimum Gasteiger partial charge on any atom is -0.310 e. The van der Waals surface area contributed by atoms with Crippen LogP contribution < -0.4 is 4.90 Å². The highest BCUT2D eigenvalue weighted by atomic mass is 15.1. The number of fused-ring (bicyclic) bond motifs is 3. The predicted octanol–water partition coefficient (Wildman–Crippen LogP) is 11.5. The molecule has 1 atom stereocenters. The van der Waals surface area contributed by atoms with Gasteiger partial charge in [-0.3, -0.25) is 0 Å². The molecule has 0 saturated carbocycles. The Morgan fingerprint density at radius 1 is 0.378 bits per heavy atom. The van der Waals surface area contributed by atoms with Crippen LogP contribution in [0.1, 0.15) is 27.8 Å². The van der Waals surface area contributed by atoms with Crippen LogP contribution in [0, 0.1) is 6.92 Å². The summed E-state index contributed by atoms with van der Waals surface area (Å²) in [4.78, 5) is 2.32. The summed E-state index contributed by atoms with van der Waals surface area (Å²) in [5.41, 5.74) is 14.5. The maximum absolute atomic E-state index is 2.41. The molecule has 1 nitrogen and oxygen atoms in total. The topological polar surface area (TPSA) is 3.24 Å². The first-order valence-corrected chi connectivity index (χ1v) is 15.6. The Hall–Kier alpha value is -5.66. The molecule has 1 aliphatic rings. The fourth-order valence-electron chi connectivity index (χ4n) is 7.23. The Morgan fingerprint density at radius 2 is 0.911 bits per heavy atom. The first kappa shape index (κ1) is 26.9. The number of hydrogen-bond acceptors (Lipinski definition) is 1. The van der Waals surface area contributed by atoms with Crippen molar-refractivity contribution in [2.45, 2.75) is 12.3 Å². The van der Waals surface area contributed by atoms with Crippen molar-refractivity contribution in [1.82, 2.24) is 0 Å². The molecule has 7 aromatic carbocycles. The zero-order chi connectivity index (χ0) is 30.2. The summed E-state index contributed by atoms with van der Waals surface area (Å²) in [6, 6.07) is 66.2. The molecule has 0 radical (unpaired) electrons. The Bertz CT molecular complexity index is 2080. The molecule has 214 valence electrons. The van der Waals surface area contributed by atoms with E-state index in [1.165, 1.54) is 50.1 Å². The fraction of sp³-hybridized carbons (Fsp3) is 0.0455. The number of rotatable bonds is 6. The summed E-state index contributed by atoms with van der Waals surface area (Å²) in [5.74, 6) is 0. The summed E-state index contributed by atoms with van der Waals surface area (Å²) in [7, 11) is 0. The lowest BCUT2D eigenvalue weighted by molar-refractivity contribution is 0.768. The van der Waals surface area contributed by atoms with Gasteiger partial charge >= 0.3 is 0 Å². The lowest BCUT2D eigenvalue weighted by Gasteiger charge is -2.34. The normalized spacial score (nSPS) is 14.9. The van der Waals surface area contributed by atoms with Crippen LogP contribution in [0.3, 0.4) is 0 Å². The second kappa shape index (κ2) is 11.1. The smallest absolute Gasteiger partial charge is 0.0713 e. The van der Waals surface area contributed by atoms with Gasteiger partial charge in [-0.1, -0.05) is 145 Å². The molecule has 0 bridgehead atoms. The lowest BCUT2D eigenvalue weighted by atomic mass is 9.67. The van der Waals surface area contributed by atoms with Crippen LogP contribution in [0.4, 0.5) is 17.1 Å². The molecular weight excluding hydrogens is 542 g/mol. The highest BCUT2D eigenvalue weighted by Crippen LogP contribution is 2.56. The van der Waals surface area contributed by atoms with E-state index in [2.05, 4.69) is 194 Å². The molecule has 1 unspecified atom stereocenters. The first-order chi connectivity index (χ1) is 22.2. The number of hydrogen-bond donors (Lipinski definition) is 0. The lowest BCUT2D eigenvalue weighted by Crippen LogP contribution is -2.28. The molecule has 1 heteroatoms. The van der Waals surface area contributed by atoms with Gasteiger partial charge in [0.2, 0.25) is 0 Å². The summed E-state index contributed by atoms with van der Waals surface area (Å²) >= 11 is 0. The van der Waals surface area contributed by atoms with Crippen molar-refractivity contribution in [3.05, 3.63) is 210 Å². The van der Waals surface area contributed by atoms with Gasteiger partial charge in [0.1, 0.15) is 0 Å². The molecule has 8 rings (SSSR count). The van der Waals surface area contributed by atoms with E-state index < -0.39 is 5.41 Å². The third-order valence-corrected chi connectivity index (χ3v) is 9.17. The number of nitrogens with zero attached hydrogens (tertiary/aromatic N) is 1. The Balaban J connectivity index is 1.32. The molecule has 45 heavy (non-hydrogen) atoms. The van der Waals surface area contributed by atoms with Crippen LogP contribution >= 0.6 is 0 Å². The zero-order valence-corrected chi connectivity index (χ0v) is 25.3. The number of para-hydroxylation sites is 2. The first-order valence-electron chi connectivity index (χ1n) is 15.6. The Kier molecular flexibility index (Phi) is 6.65. The van der Waals surface area contributed by atoms with E-state index in [9.17, 15) is 0 Å². The molecule has 0 fully saturated rings. The average Bonchev–Trinajstić information content (AvgIpc) is 3.40. The molecule has 0 aromatic heterocycles. The number of benzene rings is 7. The van der Waals surface area contributed by atoms with E-state index in [-0.39, 0.29) is 0 Å². The van der Waals surface area contributed by atoms with Crippen molar-refractivity contribution in [1.29, 1.82) is 0 Å². The van der Waals surface area contributed by atoms with Crippen molar-refractivity contribution < 1.29 is 0 Å². The minimum absolute atomic E-state index is 0.422. The molecular formula is C44H33N. The van der Waals surface area contributed by atoms with Crippen LogP contribution in [-0.2, 0) is 5.41 Å². The molecule has 0 aliphatic heterocycles. The van der Waals surface area contributed by atoms with Gasteiger partial charge < -0.3 is 4.90 Å². The van der Waals surface area contributed by atoms with Crippen molar-refractivity contribution >= 4 is 17.1 Å². The standard InChI is InChI=1S/C44H33N/c1-32-27-28-43-41(29-32)40-25-11-12-26-42(40)44(43,35-17-5-2-6-18-35)36-19-13-15-33(30-36)34-16-14-24-39(31-34)45(37-20-7-3-8-21-37)38-22-9-4-10-23-38/h2-31H,1H3. The molecule has 0 N–H and O–H groups in total. The third kappa shape index (κ3) is 4.48. The second-order valence-corrected chi connectivity index (χ2v) is 11.8. The monoisotopic (exact) mass is 575 g/mol. The zero-order valence-electron chi connectivity index (χ0n) is 25.3. The molecule has 0 saturated heterocycles. The van der Waals surface area contributed by atoms with Crippen molar-refractivity contribution in [2.75, 3.05) is 4.90 Å². The minimum atomic E-state index is -0.422. The predicted molar refractivity (Wildman–Crippen MR) is 189 cm³/mol. The highest BCUT2D eigenvalue weighted by molar-refractivity contribution is 5.87. The van der Waals surface area contributed by atoms with E-state index in [1.54, 1.807) is 0 Å². The molecule has 7 aromatic rings. The van der Waals surface area contributed by atoms with Crippen LogP contribution in [0.2, 0.25) is 0 Å². The van der Waals surface area contributed by atoms with Gasteiger partial charge in [-0.05, 0) is 93.9 Å². The maximum atomic E-state index is 2.41. The van der Waals surface area contributed by atoms with Crippen molar-refractivity contribution in [3.8, 4) is 22.3 Å². The molecule has 0 amide bonds. The second-order valence-electron chi connectivity index (χ2n) is 11.8.